The fourth-order valence-corrected chi connectivity index (χ4v) is 5.25. The van der Waals surface area contributed by atoms with Crippen molar-refractivity contribution in [3.63, 3.8) is 0 Å². The maximum Gasteiger partial charge on any atom is 0.257 e. The van der Waals surface area contributed by atoms with Crippen LogP contribution in [0.4, 0.5) is 5.69 Å². The van der Waals surface area contributed by atoms with Gasteiger partial charge < -0.3 is 5.32 Å². The average molecular weight is 452 g/mol. The van der Waals surface area contributed by atoms with Gasteiger partial charge in [0.05, 0.1) is 10.5 Å². The Hall–Kier alpha value is -1.77. The van der Waals surface area contributed by atoms with Gasteiger partial charge >= 0.3 is 0 Å². The largest absolute Gasteiger partial charge is 0.322 e. The Labute approximate surface area is 168 Å². The topological polar surface area (TPSA) is 79.4 Å². The number of hydrogen-bond donors (Lipinski definition) is 1. The monoisotopic (exact) mass is 451 g/mol. The van der Waals surface area contributed by atoms with Crippen LogP contribution in [-0.4, -0.2) is 36.7 Å². The van der Waals surface area contributed by atoms with E-state index >= 15 is 0 Å². The van der Waals surface area contributed by atoms with E-state index in [1.165, 1.54) is 6.20 Å². The van der Waals surface area contributed by atoms with Crippen molar-refractivity contribution in [3.05, 3.63) is 52.3 Å². The number of anilines is 1. The zero-order valence-electron chi connectivity index (χ0n) is 15.1. The summed E-state index contributed by atoms with van der Waals surface area (Å²) in [4.78, 5) is 16.7. The van der Waals surface area contributed by atoms with Crippen molar-refractivity contribution < 1.29 is 13.2 Å². The molecule has 6 nitrogen and oxygen atoms in total. The average Bonchev–Trinajstić information content (AvgIpc) is 2.93. The number of amides is 1. The number of aryl methyl sites for hydroxylation is 1. The maximum atomic E-state index is 13.1. The number of aromatic nitrogens is 1. The van der Waals surface area contributed by atoms with Crippen LogP contribution in [0.25, 0.3) is 0 Å². The summed E-state index contributed by atoms with van der Waals surface area (Å²) in [6, 6.07) is 6.63. The summed E-state index contributed by atoms with van der Waals surface area (Å²) in [6.07, 6.45) is 6.93. The molecule has 0 aliphatic carbocycles. The molecule has 144 valence electrons. The summed E-state index contributed by atoms with van der Waals surface area (Å²) < 4.78 is 28.5. The van der Waals surface area contributed by atoms with Gasteiger partial charge in [-0.1, -0.05) is 18.9 Å². The highest BCUT2D eigenvalue weighted by molar-refractivity contribution is 9.10. The van der Waals surface area contributed by atoms with Crippen molar-refractivity contribution in [1.82, 2.24) is 9.29 Å². The zero-order valence-corrected chi connectivity index (χ0v) is 17.5. The third kappa shape index (κ3) is 4.75. The van der Waals surface area contributed by atoms with Crippen LogP contribution in [0.3, 0.4) is 0 Å². The molecule has 0 bridgehead atoms. The van der Waals surface area contributed by atoms with Crippen molar-refractivity contribution in [2.75, 3.05) is 18.4 Å². The van der Waals surface area contributed by atoms with E-state index in [0.717, 1.165) is 25.7 Å². The summed E-state index contributed by atoms with van der Waals surface area (Å²) in [5.41, 5.74) is 1.50. The molecule has 0 radical (unpaired) electrons. The molecule has 0 spiro atoms. The molecule has 1 aliphatic rings. The van der Waals surface area contributed by atoms with Crippen LogP contribution in [-0.2, 0) is 10.0 Å². The van der Waals surface area contributed by atoms with Crippen LogP contribution >= 0.6 is 15.9 Å². The van der Waals surface area contributed by atoms with Gasteiger partial charge in [-0.05, 0) is 59.5 Å². The minimum Gasteiger partial charge on any atom is -0.322 e. The number of rotatable bonds is 4. The zero-order chi connectivity index (χ0) is 19.4. The van der Waals surface area contributed by atoms with Crippen LogP contribution in [0.2, 0.25) is 0 Å². The molecular weight excluding hydrogens is 430 g/mol. The Morgan fingerprint density at radius 3 is 2.48 bits per heavy atom. The predicted molar refractivity (Wildman–Crippen MR) is 108 cm³/mol. The number of sulfonamides is 1. The van der Waals surface area contributed by atoms with Gasteiger partial charge in [-0.3, -0.25) is 9.78 Å². The summed E-state index contributed by atoms with van der Waals surface area (Å²) >= 11 is 3.29. The number of carbonyl (C=O) groups excluding carboxylic acids is 1. The molecule has 1 fully saturated rings. The number of pyridine rings is 1. The summed E-state index contributed by atoms with van der Waals surface area (Å²) in [7, 11) is -3.58. The summed E-state index contributed by atoms with van der Waals surface area (Å²) in [5, 5.41) is 2.76. The maximum absolute atomic E-state index is 13.1. The number of benzene rings is 1. The standard InChI is InChI=1S/C19H22BrN3O3S/c1-14-6-7-17(22-19(24)15-10-16(20)13-21-12-15)11-18(14)27(25,26)23-8-4-2-3-5-9-23/h6-7,10-13H,2-5,8-9H2,1H3,(H,22,24). The van der Waals surface area contributed by atoms with Crippen LogP contribution < -0.4 is 5.32 Å². The van der Waals surface area contributed by atoms with Crippen LogP contribution in [0.15, 0.2) is 46.0 Å². The highest BCUT2D eigenvalue weighted by Crippen LogP contribution is 2.26. The fraction of sp³-hybridized carbons (Fsp3) is 0.368. The second-order valence-corrected chi connectivity index (χ2v) is 9.47. The smallest absolute Gasteiger partial charge is 0.257 e. The van der Waals surface area contributed by atoms with Crippen LogP contribution in [0.1, 0.15) is 41.6 Å². The molecule has 8 heteroatoms. The van der Waals surface area contributed by atoms with E-state index in [1.54, 1.807) is 41.7 Å². The lowest BCUT2D eigenvalue weighted by Gasteiger charge is -2.21. The molecule has 0 unspecified atom stereocenters. The van der Waals surface area contributed by atoms with Gasteiger partial charge in [0.15, 0.2) is 0 Å². The Bertz CT molecular complexity index is 939. The molecular formula is C19H22BrN3O3S. The third-order valence-electron chi connectivity index (χ3n) is 4.60. The summed E-state index contributed by atoms with van der Waals surface area (Å²) in [6.45, 7) is 2.86. The first-order valence-corrected chi connectivity index (χ1v) is 11.1. The minimum atomic E-state index is -3.58. The van der Waals surface area contributed by atoms with E-state index in [9.17, 15) is 13.2 Å². The molecule has 1 aliphatic heterocycles. The quantitative estimate of drug-likeness (QED) is 0.762. The molecule has 2 heterocycles. The predicted octanol–water partition coefficient (Wildman–Crippen LogP) is 3.97. The minimum absolute atomic E-state index is 0.245. The fourth-order valence-electron chi connectivity index (χ4n) is 3.12. The van der Waals surface area contributed by atoms with Gasteiger partial charge in [-0.15, -0.1) is 0 Å². The van der Waals surface area contributed by atoms with Crippen molar-refractivity contribution in [2.24, 2.45) is 0 Å². The first-order valence-electron chi connectivity index (χ1n) is 8.90. The van der Waals surface area contributed by atoms with E-state index in [0.29, 0.717) is 34.4 Å². The lowest BCUT2D eigenvalue weighted by molar-refractivity contribution is 0.102. The van der Waals surface area contributed by atoms with Crippen LogP contribution in [0.5, 0.6) is 0 Å². The second-order valence-electron chi connectivity index (χ2n) is 6.64. The Morgan fingerprint density at radius 2 is 1.81 bits per heavy atom. The van der Waals surface area contributed by atoms with E-state index in [1.807, 2.05) is 0 Å². The van der Waals surface area contributed by atoms with Crippen LogP contribution in [0, 0.1) is 6.92 Å². The molecule has 1 saturated heterocycles. The highest BCUT2D eigenvalue weighted by Gasteiger charge is 2.27. The normalized spacial score (nSPS) is 15.9. The molecule has 27 heavy (non-hydrogen) atoms. The number of carbonyl (C=O) groups is 1. The Morgan fingerprint density at radius 1 is 1.11 bits per heavy atom. The molecule has 2 aromatic rings. The third-order valence-corrected chi connectivity index (χ3v) is 7.07. The van der Waals surface area contributed by atoms with Gasteiger partial charge in [0.2, 0.25) is 10.0 Å². The molecule has 1 N–H and O–H groups in total. The second kappa shape index (κ2) is 8.50. The van der Waals surface area contributed by atoms with Crippen molar-refractivity contribution in [2.45, 2.75) is 37.5 Å². The Kier molecular flexibility index (Phi) is 6.29. The van der Waals surface area contributed by atoms with Gasteiger partial charge in [-0.2, -0.15) is 4.31 Å². The molecule has 1 aromatic heterocycles. The Balaban J connectivity index is 1.86. The number of halogens is 1. The number of hydrogen-bond acceptors (Lipinski definition) is 4. The highest BCUT2D eigenvalue weighted by atomic mass is 79.9. The molecule has 1 amide bonds. The van der Waals surface area contributed by atoms with Gasteiger partial charge in [0.25, 0.3) is 5.91 Å². The lowest BCUT2D eigenvalue weighted by Crippen LogP contribution is -2.32. The number of nitrogens with one attached hydrogen (secondary N) is 1. The van der Waals surface area contributed by atoms with Gasteiger partial charge in [-0.25, -0.2) is 8.42 Å². The van der Waals surface area contributed by atoms with E-state index in [2.05, 4.69) is 26.2 Å². The molecule has 1 aromatic carbocycles. The number of nitrogens with zero attached hydrogens (tertiary/aromatic N) is 2. The van der Waals surface area contributed by atoms with E-state index in [-0.39, 0.29) is 10.8 Å². The molecule has 0 atom stereocenters. The molecule has 3 rings (SSSR count). The van der Waals surface area contributed by atoms with Crippen molar-refractivity contribution in [1.29, 1.82) is 0 Å². The first kappa shape index (κ1) is 20.0. The van der Waals surface area contributed by atoms with E-state index in [4.69, 9.17) is 0 Å². The first-order chi connectivity index (χ1) is 12.9. The molecule has 0 saturated carbocycles. The summed E-state index contributed by atoms with van der Waals surface area (Å²) in [5.74, 6) is -0.342. The SMILES string of the molecule is Cc1ccc(NC(=O)c2cncc(Br)c2)cc1S(=O)(=O)N1CCCCCC1. The van der Waals surface area contributed by atoms with Gasteiger partial charge in [0.1, 0.15) is 0 Å². The van der Waals surface area contributed by atoms with Crippen molar-refractivity contribution >= 4 is 37.5 Å². The van der Waals surface area contributed by atoms with Crippen molar-refractivity contribution in [3.8, 4) is 0 Å². The van der Waals surface area contributed by atoms with E-state index < -0.39 is 10.0 Å². The lowest BCUT2D eigenvalue weighted by atomic mass is 10.2. The van der Waals surface area contributed by atoms with Gasteiger partial charge in [0, 0.05) is 35.6 Å².